The highest BCUT2D eigenvalue weighted by molar-refractivity contribution is 7.99. The SMILES string of the molecule is CC1CSCC1n1cnnc1CO. The molecule has 0 spiro atoms. The average Bonchev–Trinajstić information content (AvgIpc) is 2.71. The van der Waals surface area contributed by atoms with Crippen LogP contribution in [0.2, 0.25) is 0 Å². The Kier molecular flexibility index (Phi) is 2.55. The number of hydrogen-bond donors (Lipinski definition) is 1. The molecule has 5 heteroatoms. The Morgan fingerprint density at radius 2 is 2.54 bits per heavy atom. The Morgan fingerprint density at radius 1 is 1.69 bits per heavy atom. The maximum atomic E-state index is 9.02. The third-order valence-electron chi connectivity index (χ3n) is 2.47. The van der Waals surface area contributed by atoms with Gasteiger partial charge >= 0.3 is 0 Å². The molecule has 1 fully saturated rings. The standard InChI is InChI=1S/C8H13N3OS/c1-6-3-13-4-7(6)11-5-9-10-8(11)2-12/h5-7,12H,2-4H2,1H3. The molecule has 2 atom stereocenters. The van der Waals surface area contributed by atoms with Gasteiger partial charge in [-0.1, -0.05) is 6.92 Å². The summed E-state index contributed by atoms with van der Waals surface area (Å²) in [5, 5.41) is 16.7. The van der Waals surface area contributed by atoms with Gasteiger partial charge < -0.3 is 9.67 Å². The number of aliphatic hydroxyl groups excluding tert-OH is 1. The molecule has 1 saturated heterocycles. The van der Waals surface area contributed by atoms with Gasteiger partial charge in [0.15, 0.2) is 5.82 Å². The van der Waals surface area contributed by atoms with Crippen LogP contribution in [0.5, 0.6) is 0 Å². The zero-order valence-corrected chi connectivity index (χ0v) is 8.37. The van der Waals surface area contributed by atoms with Crippen LogP contribution in [0.1, 0.15) is 18.8 Å². The van der Waals surface area contributed by atoms with Crippen LogP contribution in [0.15, 0.2) is 6.33 Å². The summed E-state index contributed by atoms with van der Waals surface area (Å²) in [5.41, 5.74) is 0. The molecule has 1 aliphatic heterocycles. The van der Waals surface area contributed by atoms with Crippen molar-refractivity contribution in [1.82, 2.24) is 14.8 Å². The Hall–Kier alpha value is -0.550. The summed E-state index contributed by atoms with van der Waals surface area (Å²) < 4.78 is 2.00. The summed E-state index contributed by atoms with van der Waals surface area (Å²) >= 11 is 1.95. The van der Waals surface area contributed by atoms with Crippen molar-refractivity contribution in [1.29, 1.82) is 0 Å². The lowest BCUT2D eigenvalue weighted by molar-refractivity contribution is 0.257. The number of nitrogens with zero attached hydrogens (tertiary/aromatic N) is 3. The van der Waals surface area contributed by atoms with E-state index in [9.17, 15) is 0 Å². The summed E-state index contributed by atoms with van der Waals surface area (Å²) in [6.45, 7) is 2.21. The van der Waals surface area contributed by atoms with E-state index in [1.54, 1.807) is 6.33 Å². The van der Waals surface area contributed by atoms with Crippen molar-refractivity contribution in [3.8, 4) is 0 Å². The van der Waals surface area contributed by atoms with Crippen LogP contribution >= 0.6 is 11.8 Å². The van der Waals surface area contributed by atoms with Crippen LogP contribution in [-0.4, -0.2) is 31.4 Å². The fourth-order valence-electron chi connectivity index (χ4n) is 1.66. The molecule has 0 amide bonds. The summed E-state index contributed by atoms with van der Waals surface area (Å²) in [7, 11) is 0. The monoisotopic (exact) mass is 199 g/mol. The van der Waals surface area contributed by atoms with Crippen LogP contribution in [0.4, 0.5) is 0 Å². The van der Waals surface area contributed by atoms with Crippen molar-refractivity contribution in [3.63, 3.8) is 0 Å². The number of thioether (sulfide) groups is 1. The van der Waals surface area contributed by atoms with Gasteiger partial charge in [0.2, 0.25) is 0 Å². The molecule has 13 heavy (non-hydrogen) atoms. The lowest BCUT2D eigenvalue weighted by Crippen LogP contribution is -2.17. The van der Waals surface area contributed by atoms with Gasteiger partial charge in [-0.2, -0.15) is 11.8 Å². The van der Waals surface area contributed by atoms with Gasteiger partial charge in [-0.25, -0.2) is 0 Å². The molecule has 1 N–H and O–H groups in total. The van der Waals surface area contributed by atoms with E-state index in [1.165, 1.54) is 5.75 Å². The first-order valence-corrected chi connectivity index (χ1v) is 5.55. The maximum Gasteiger partial charge on any atom is 0.158 e. The van der Waals surface area contributed by atoms with Gasteiger partial charge in [0.25, 0.3) is 0 Å². The molecule has 2 rings (SSSR count). The van der Waals surface area contributed by atoms with Crippen LogP contribution < -0.4 is 0 Å². The summed E-state index contributed by atoms with van der Waals surface area (Å²) in [6.07, 6.45) is 1.72. The minimum Gasteiger partial charge on any atom is -0.388 e. The normalized spacial score (nSPS) is 28.2. The van der Waals surface area contributed by atoms with Crippen LogP contribution in [-0.2, 0) is 6.61 Å². The van der Waals surface area contributed by atoms with E-state index >= 15 is 0 Å². The van der Waals surface area contributed by atoms with E-state index in [-0.39, 0.29) is 6.61 Å². The topological polar surface area (TPSA) is 50.9 Å². The van der Waals surface area contributed by atoms with Gasteiger partial charge in [0.05, 0.1) is 0 Å². The number of rotatable bonds is 2. The predicted molar refractivity (Wildman–Crippen MR) is 51.5 cm³/mol. The molecule has 0 bridgehead atoms. The second-order valence-electron chi connectivity index (χ2n) is 3.39. The van der Waals surface area contributed by atoms with Crippen molar-refractivity contribution in [2.75, 3.05) is 11.5 Å². The number of hydrogen-bond acceptors (Lipinski definition) is 4. The van der Waals surface area contributed by atoms with E-state index in [4.69, 9.17) is 5.11 Å². The molecule has 4 nitrogen and oxygen atoms in total. The third kappa shape index (κ3) is 1.58. The Morgan fingerprint density at radius 3 is 3.15 bits per heavy atom. The molecule has 72 valence electrons. The van der Waals surface area contributed by atoms with Crippen LogP contribution in [0.3, 0.4) is 0 Å². The molecule has 2 heterocycles. The lowest BCUT2D eigenvalue weighted by Gasteiger charge is -2.16. The molecule has 1 aromatic heterocycles. The van der Waals surface area contributed by atoms with Crippen molar-refractivity contribution in [3.05, 3.63) is 12.2 Å². The largest absolute Gasteiger partial charge is 0.388 e. The van der Waals surface area contributed by atoms with E-state index in [0.29, 0.717) is 17.8 Å². The van der Waals surface area contributed by atoms with E-state index in [1.807, 2.05) is 16.3 Å². The second kappa shape index (κ2) is 3.67. The summed E-state index contributed by atoms with van der Waals surface area (Å²) in [4.78, 5) is 0. The highest BCUT2D eigenvalue weighted by Gasteiger charge is 2.26. The van der Waals surface area contributed by atoms with E-state index < -0.39 is 0 Å². The van der Waals surface area contributed by atoms with Crippen molar-refractivity contribution < 1.29 is 5.11 Å². The van der Waals surface area contributed by atoms with Gasteiger partial charge in [0, 0.05) is 11.8 Å². The van der Waals surface area contributed by atoms with Crippen molar-refractivity contribution >= 4 is 11.8 Å². The lowest BCUT2D eigenvalue weighted by atomic mass is 10.1. The van der Waals surface area contributed by atoms with Crippen LogP contribution in [0, 0.1) is 5.92 Å². The molecule has 2 unspecified atom stereocenters. The number of aliphatic hydroxyl groups is 1. The molecular formula is C8H13N3OS. The maximum absolute atomic E-state index is 9.02. The number of aromatic nitrogens is 3. The molecular weight excluding hydrogens is 186 g/mol. The molecule has 0 radical (unpaired) electrons. The first kappa shape index (κ1) is 9.02. The first-order chi connectivity index (χ1) is 6.33. The van der Waals surface area contributed by atoms with Gasteiger partial charge in [-0.05, 0) is 11.7 Å². The highest BCUT2D eigenvalue weighted by Crippen LogP contribution is 2.33. The van der Waals surface area contributed by atoms with Crippen molar-refractivity contribution in [2.45, 2.75) is 19.6 Å². The fraction of sp³-hybridized carbons (Fsp3) is 0.750. The molecule has 0 aliphatic carbocycles. The molecule has 1 aliphatic rings. The molecule has 0 saturated carbocycles. The van der Waals surface area contributed by atoms with Crippen molar-refractivity contribution in [2.24, 2.45) is 5.92 Å². The highest BCUT2D eigenvalue weighted by atomic mass is 32.2. The Labute approximate surface area is 81.4 Å². The minimum absolute atomic E-state index is 0.0200. The first-order valence-electron chi connectivity index (χ1n) is 4.40. The second-order valence-corrected chi connectivity index (χ2v) is 4.47. The molecule has 1 aromatic rings. The zero-order valence-electron chi connectivity index (χ0n) is 7.55. The molecule has 0 aromatic carbocycles. The predicted octanol–water partition coefficient (Wildman–Crippen LogP) is 0.694. The Balaban J connectivity index is 2.23. The van der Waals surface area contributed by atoms with Gasteiger partial charge in [-0.15, -0.1) is 10.2 Å². The Bertz CT molecular complexity index is 289. The van der Waals surface area contributed by atoms with E-state index in [2.05, 4.69) is 17.1 Å². The van der Waals surface area contributed by atoms with Crippen LogP contribution in [0.25, 0.3) is 0 Å². The third-order valence-corrected chi connectivity index (χ3v) is 3.81. The quantitative estimate of drug-likeness (QED) is 0.761. The van der Waals surface area contributed by atoms with Gasteiger partial charge in [0.1, 0.15) is 12.9 Å². The fourth-order valence-corrected chi connectivity index (χ4v) is 3.12. The summed E-state index contributed by atoms with van der Waals surface area (Å²) in [6, 6.07) is 0.460. The minimum atomic E-state index is -0.0200. The summed E-state index contributed by atoms with van der Waals surface area (Å²) in [5.74, 6) is 3.62. The van der Waals surface area contributed by atoms with Gasteiger partial charge in [-0.3, -0.25) is 0 Å². The average molecular weight is 199 g/mol. The van der Waals surface area contributed by atoms with E-state index in [0.717, 1.165) is 5.75 Å². The zero-order chi connectivity index (χ0) is 9.26. The smallest absolute Gasteiger partial charge is 0.158 e.